The number of ether oxygens (including phenoxy) is 1. The summed E-state index contributed by atoms with van der Waals surface area (Å²) in [7, 11) is 0. The zero-order valence-electron chi connectivity index (χ0n) is 11.9. The molecule has 0 N–H and O–H groups in total. The van der Waals surface area contributed by atoms with Crippen LogP contribution in [0.4, 0.5) is 0 Å². The third-order valence-corrected chi connectivity index (χ3v) is 5.69. The van der Waals surface area contributed by atoms with Gasteiger partial charge in [0.1, 0.15) is 0 Å². The maximum Gasteiger partial charge on any atom is 0.0475 e. The van der Waals surface area contributed by atoms with E-state index >= 15 is 0 Å². The van der Waals surface area contributed by atoms with E-state index in [-0.39, 0.29) is 5.41 Å². The van der Waals surface area contributed by atoms with E-state index in [1.165, 1.54) is 17.5 Å². The highest BCUT2D eigenvalue weighted by Gasteiger charge is 2.29. The normalized spacial score (nSPS) is 11.8. The fraction of sp³-hybridized carbons (Fsp3) is 0.625. The standard InChI is InChI=1S/C16H24Br2O/c1-3-4-10-19-11-9-16(12-17,13-18)15-7-5-14(2)6-8-15/h5-8H,3-4,9-13H2,1-2H3. The first kappa shape index (κ1) is 17.2. The predicted octanol–water partition coefficient (Wildman–Crippen LogP) is 5.23. The number of halogens is 2. The molecule has 1 aromatic rings. The van der Waals surface area contributed by atoms with Crippen molar-refractivity contribution in [2.45, 2.75) is 38.5 Å². The summed E-state index contributed by atoms with van der Waals surface area (Å²) in [6.45, 7) is 6.02. The predicted molar refractivity (Wildman–Crippen MR) is 90.8 cm³/mol. The Bertz CT molecular complexity index is 344. The number of rotatable bonds is 9. The van der Waals surface area contributed by atoms with Crippen molar-refractivity contribution >= 4 is 31.9 Å². The van der Waals surface area contributed by atoms with Crippen LogP contribution in [0.5, 0.6) is 0 Å². The second kappa shape index (κ2) is 9.15. The van der Waals surface area contributed by atoms with Crippen molar-refractivity contribution in [2.24, 2.45) is 0 Å². The zero-order valence-corrected chi connectivity index (χ0v) is 15.1. The molecular formula is C16H24Br2O. The summed E-state index contributed by atoms with van der Waals surface area (Å²) in [5, 5.41) is 1.90. The zero-order chi connectivity index (χ0) is 14.1. The van der Waals surface area contributed by atoms with Gasteiger partial charge in [-0.25, -0.2) is 0 Å². The van der Waals surface area contributed by atoms with Crippen molar-refractivity contribution in [3.63, 3.8) is 0 Å². The largest absolute Gasteiger partial charge is 0.381 e. The lowest BCUT2D eigenvalue weighted by molar-refractivity contribution is 0.117. The van der Waals surface area contributed by atoms with Gasteiger partial charge in [-0.1, -0.05) is 75.0 Å². The van der Waals surface area contributed by atoms with Gasteiger partial charge >= 0.3 is 0 Å². The first-order chi connectivity index (χ1) is 9.18. The minimum atomic E-state index is 0.125. The Morgan fingerprint density at radius 1 is 1.05 bits per heavy atom. The van der Waals surface area contributed by atoms with E-state index in [2.05, 4.69) is 70.0 Å². The van der Waals surface area contributed by atoms with Gasteiger partial charge < -0.3 is 4.74 Å². The molecule has 0 unspecified atom stereocenters. The van der Waals surface area contributed by atoms with Crippen LogP contribution >= 0.6 is 31.9 Å². The minimum absolute atomic E-state index is 0.125. The smallest absolute Gasteiger partial charge is 0.0475 e. The van der Waals surface area contributed by atoms with Crippen molar-refractivity contribution in [1.82, 2.24) is 0 Å². The van der Waals surface area contributed by atoms with Gasteiger partial charge in [0.25, 0.3) is 0 Å². The molecule has 0 atom stereocenters. The van der Waals surface area contributed by atoms with Crippen LogP contribution in [-0.2, 0) is 10.2 Å². The average molecular weight is 392 g/mol. The van der Waals surface area contributed by atoms with Crippen LogP contribution in [0.15, 0.2) is 24.3 Å². The Hall–Kier alpha value is 0.140. The number of aryl methyl sites for hydroxylation is 1. The minimum Gasteiger partial charge on any atom is -0.381 e. The van der Waals surface area contributed by atoms with E-state index in [9.17, 15) is 0 Å². The molecule has 0 aliphatic rings. The third-order valence-electron chi connectivity index (χ3n) is 3.54. The summed E-state index contributed by atoms with van der Waals surface area (Å²) in [6.07, 6.45) is 3.39. The Morgan fingerprint density at radius 3 is 2.21 bits per heavy atom. The molecule has 0 bridgehead atoms. The Morgan fingerprint density at radius 2 is 1.68 bits per heavy atom. The van der Waals surface area contributed by atoms with Crippen LogP contribution in [0.1, 0.15) is 37.3 Å². The van der Waals surface area contributed by atoms with Gasteiger partial charge in [-0.15, -0.1) is 0 Å². The summed E-state index contributed by atoms with van der Waals surface area (Å²) in [5.74, 6) is 0. The lowest BCUT2D eigenvalue weighted by atomic mass is 9.81. The lowest BCUT2D eigenvalue weighted by Crippen LogP contribution is -2.32. The molecule has 0 saturated heterocycles. The Kier molecular flexibility index (Phi) is 8.27. The van der Waals surface area contributed by atoms with E-state index in [4.69, 9.17) is 4.74 Å². The molecule has 0 saturated carbocycles. The number of hydrogen-bond donors (Lipinski definition) is 0. The summed E-state index contributed by atoms with van der Waals surface area (Å²) in [6, 6.07) is 8.86. The van der Waals surface area contributed by atoms with Crippen LogP contribution in [-0.4, -0.2) is 23.9 Å². The van der Waals surface area contributed by atoms with Gasteiger partial charge in [-0.2, -0.15) is 0 Å². The first-order valence-electron chi connectivity index (χ1n) is 6.95. The van der Waals surface area contributed by atoms with Crippen LogP contribution in [0, 0.1) is 6.92 Å². The van der Waals surface area contributed by atoms with Crippen molar-refractivity contribution in [1.29, 1.82) is 0 Å². The molecule has 3 heteroatoms. The molecule has 0 aliphatic carbocycles. The van der Waals surface area contributed by atoms with Gasteiger partial charge in [0.15, 0.2) is 0 Å². The molecule has 0 spiro atoms. The molecule has 0 amide bonds. The number of benzene rings is 1. The molecule has 19 heavy (non-hydrogen) atoms. The van der Waals surface area contributed by atoms with Crippen LogP contribution < -0.4 is 0 Å². The molecule has 108 valence electrons. The SMILES string of the molecule is CCCCOCCC(CBr)(CBr)c1ccc(C)cc1. The molecule has 0 heterocycles. The molecule has 1 nitrogen and oxygen atoms in total. The van der Waals surface area contributed by atoms with Crippen molar-refractivity contribution in [2.75, 3.05) is 23.9 Å². The second-order valence-corrected chi connectivity index (χ2v) is 6.25. The van der Waals surface area contributed by atoms with Crippen molar-refractivity contribution in [3.8, 4) is 0 Å². The molecule has 0 fully saturated rings. The third kappa shape index (κ3) is 5.20. The highest BCUT2D eigenvalue weighted by atomic mass is 79.9. The summed E-state index contributed by atoms with van der Waals surface area (Å²) >= 11 is 7.37. The maximum absolute atomic E-state index is 5.74. The quantitative estimate of drug-likeness (QED) is 0.413. The van der Waals surface area contributed by atoms with E-state index < -0.39 is 0 Å². The van der Waals surface area contributed by atoms with E-state index in [1.807, 2.05) is 0 Å². The number of hydrogen-bond acceptors (Lipinski definition) is 1. The topological polar surface area (TPSA) is 9.23 Å². The first-order valence-corrected chi connectivity index (χ1v) is 9.19. The fourth-order valence-electron chi connectivity index (χ4n) is 1.99. The summed E-state index contributed by atoms with van der Waals surface area (Å²) in [5.41, 5.74) is 2.81. The van der Waals surface area contributed by atoms with Gasteiger partial charge in [-0.3, -0.25) is 0 Å². The van der Waals surface area contributed by atoms with Gasteiger partial charge in [-0.05, 0) is 25.3 Å². The van der Waals surface area contributed by atoms with Crippen LogP contribution in [0.2, 0.25) is 0 Å². The summed E-state index contributed by atoms with van der Waals surface area (Å²) in [4.78, 5) is 0. The van der Waals surface area contributed by atoms with Gasteiger partial charge in [0.2, 0.25) is 0 Å². The highest BCUT2D eigenvalue weighted by molar-refractivity contribution is 9.09. The number of alkyl halides is 2. The molecule has 1 rings (SSSR count). The monoisotopic (exact) mass is 390 g/mol. The van der Waals surface area contributed by atoms with E-state index in [0.29, 0.717) is 0 Å². The van der Waals surface area contributed by atoms with Gasteiger partial charge in [0.05, 0.1) is 0 Å². The van der Waals surface area contributed by atoms with Crippen LogP contribution in [0.25, 0.3) is 0 Å². The highest BCUT2D eigenvalue weighted by Crippen LogP contribution is 2.32. The molecule has 1 aromatic carbocycles. The van der Waals surface area contributed by atoms with E-state index in [0.717, 1.165) is 36.7 Å². The van der Waals surface area contributed by atoms with Gasteiger partial charge in [0, 0.05) is 29.3 Å². The van der Waals surface area contributed by atoms with Crippen molar-refractivity contribution < 1.29 is 4.74 Å². The molecule has 0 radical (unpaired) electrons. The maximum atomic E-state index is 5.74. The Balaban J connectivity index is 2.65. The van der Waals surface area contributed by atoms with Crippen LogP contribution in [0.3, 0.4) is 0 Å². The average Bonchev–Trinajstić information content (AvgIpc) is 2.45. The Labute approximate surface area is 134 Å². The fourth-order valence-corrected chi connectivity index (χ4v) is 4.13. The molecular weight excluding hydrogens is 368 g/mol. The molecule has 0 aromatic heterocycles. The molecule has 0 aliphatic heterocycles. The second-order valence-electron chi connectivity index (χ2n) is 5.13. The summed E-state index contributed by atoms with van der Waals surface area (Å²) < 4.78 is 5.74. The lowest BCUT2D eigenvalue weighted by Gasteiger charge is -2.30. The van der Waals surface area contributed by atoms with Crippen molar-refractivity contribution in [3.05, 3.63) is 35.4 Å². The number of unbranched alkanes of at least 4 members (excludes halogenated alkanes) is 1. The van der Waals surface area contributed by atoms with E-state index in [1.54, 1.807) is 0 Å².